The first-order valence-electron chi connectivity index (χ1n) is 9.02. The monoisotopic (exact) mass is 347 g/mol. The third kappa shape index (κ3) is 5.28. The van der Waals surface area contributed by atoms with Crippen LogP contribution < -0.4 is 10.6 Å². The fourth-order valence-corrected chi connectivity index (χ4v) is 2.54. The van der Waals surface area contributed by atoms with Crippen molar-refractivity contribution in [2.45, 2.75) is 26.8 Å². The Bertz CT molecular complexity index is 803. The Morgan fingerprint density at radius 3 is 2.42 bits per heavy atom. The number of rotatable bonds is 8. The molecule has 0 bridgehead atoms. The highest BCUT2D eigenvalue weighted by Crippen LogP contribution is 2.21. The van der Waals surface area contributed by atoms with E-state index in [-0.39, 0.29) is 0 Å². The molecular formula is C21H25N5. The minimum absolute atomic E-state index is 0.621. The van der Waals surface area contributed by atoms with Crippen molar-refractivity contribution in [2.24, 2.45) is 5.92 Å². The van der Waals surface area contributed by atoms with E-state index in [1.165, 1.54) is 0 Å². The fourth-order valence-electron chi connectivity index (χ4n) is 2.54. The van der Waals surface area contributed by atoms with E-state index in [4.69, 9.17) is 0 Å². The number of nitrogens with zero attached hydrogens (tertiary/aromatic N) is 3. The van der Waals surface area contributed by atoms with Gasteiger partial charge in [-0.15, -0.1) is 0 Å². The molecule has 26 heavy (non-hydrogen) atoms. The SMILES string of the molecule is CC(C)CCNc1cc(-c2ccccc2)nc(NCc2ccncc2)n1. The van der Waals surface area contributed by atoms with E-state index in [1.54, 1.807) is 12.4 Å². The number of nitrogens with one attached hydrogen (secondary N) is 2. The van der Waals surface area contributed by atoms with Crippen LogP contribution in [0.5, 0.6) is 0 Å². The first kappa shape index (κ1) is 17.9. The Balaban J connectivity index is 1.80. The second-order valence-electron chi connectivity index (χ2n) is 6.65. The van der Waals surface area contributed by atoms with Crippen LogP contribution in [0.15, 0.2) is 60.9 Å². The van der Waals surface area contributed by atoms with Crippen molar-refractivity contribution in [1.29, 1.82) is 0 Å². The van der Waals surface area contributed by atoms with Crippen LogP contribution in [-0.4, -0.2) is 21.5 Å². The van der Waals surface area contributed by atoms with Gasteiger partial charge in [0.1, 0.15) is 5.82 Å². The minimum atomic E-state index is 0.621. The summed E-state index contributed by atoms with van der Waals surface area (Å²) >= 11 is 0. The molecule has 2 heterocycles. The van der Waals surface area contributed by atoms with Gasteiger partial charge in [0.25, 0.3) is 0 Å². The molecule has 0 radical (unpaired) electrons. The zero-order valence-corrected chi connectivity index (χ0v) is 15.3. The summed E-state index contributed by atoms with van der Waals surface area (Å²) in [7, 11) is 0. The molecule has 5 heteroatoms. The molecular weight excluding hydrogens is 322 g/mol. The number of aromatic nitrogens is 3. The highest BCUT2D eigenvalue weighted by Gasteiger charge is 2.07. The van der Waals surface area contributed by atoms with Crippen molar-refractivity contribution < 1.29 is 0 Å². The normalized spacial score (nSPS) is 10.7. The van der Waals surface area contributed by atoms with E-state index >= 15 is 0 Å². The highest BCUT2D eigenvalue weighted by molar-refractivity contribution is 5.64. The van der Waals surface area contributed by atoms with Crippen LogP contribution in [0.25, 0.3) is 11.3 Å². The van der Waals surface area contributed by atoms with Crippen molar-refractivity contribution in [3.8, 4) is 11.3 Å². The van der Waals surface area contributed by atoms with Crippen LogP contribution >= 0.6 is 0 Å². The van der Waals surface area contributed by atoms with Gasteiger partial charge in [-0.05, 0) is 30.0 Å². The smallest absolute Gasteiger partial charge is 0.225 e. The van der Waals surface area contributed by atoms with Crippen LogP contribution in [0.4, 0.5) is 11.8 Å². The average molecular weight is 347 g/mol. The summed E-state index contributed by atoms with van der Waals surface area (Å²) in [5.74, 6) is 2.12. The predicted molar refractivity (Wildman–Crippen MR) is 107 cm³/mol. The molecule has 2 aromatic heterocycles. The van der Waals surface area contributed by atoms with Crippen LogP contribution in [0.1, 0.15) is 25.8 Å². The fraction of sp³-hybridized carbons (Fsp3) is 0.286. The maximum atomic E-state index is 4.68. The molecule has 0 unspecified atom stereocenters. The lowest BCUT2D eigenvalue weighted by Gasteiger charge is -2.12. The molecule has 0 aliphatic rings. The first-order valence-corrected chi connectivity index (χ1v) is 9.02. The minimum Gasteiger partial charge on any atom is -0.370 e. The van der Waals surface area contributed by atoms with E-state index in [2.05, 4.69) is 51.6 Å². The molecule has 0 aliphatic heterocycles. The number of pyridine rings is 1. The van der Waals surface area contributed by atoms with Gasteiger partial charge < -0.3 is 10.6 Å². The van der Waals surface area contributed by atoms with Gasteiger partial charge in [-0.1, -0.05) is 44.2 Å². The summed E-state index contributed by atoms with van der Waals surface area (Å²) in [6, 6.07) is 16.1. The van der Waals surface area contributed by atoms with E-state index < -0.39 is 0 Å². The van der Waals surface area contributed by atoms with E-state index in [0.29, 0.717) is 18.4 Å². The second kappa shape index (κ2) is 8.94. The molecule has 1 aromatic carbocycles. The average Bonchev–Trinajstić information content (AvgIpc) is 2.67. The molecule has 2 N–H and O–H groups in total. The topological polar surface area (TPSA) is 62.7 Å². The molecule has 3 aromatic rings. The van der Waals surface area contributed by atoms with Gasteiger partial charge in [0, 0.05) is 37.1 Å². The summed E-state index contributed by atoms with van der Waals surface area (Å²) in [4.78, 5) is 13.4. The maximum absolute atomic E-state index is 4.68. The molecule has 0 amide bonds. The first-order chi connectivity index (χ1) is 12.7. The Hall–Kier alpha value is -2.95. The van der Waals surface area contributed by atoms with E-state index in [9.17, 15) is 0 Å². The van der Waals surface area contributed by atoms with Crippen molar-refractivity contribution >= 4 is 11.8 Å². The number of hydrogen-bond acceptors (Lipinski definition) is 5. The zero-order chi connectivity index (χ0) is 18.2. The van der Waals surface area contributed by atoms with Crippen molar-refractivity contribution in [1.82, 2.24) is 15.0 Å². The maximum Gasteiger partial charge on any atom is 0.225 e. The molecule has 5 nitrogen and oxygen atoms in total. The van der Waals surface area contributed by atoms with Gasteiger partial charge >= 0.3 is 0 Å². The number of benzene rings is 1. The molecule has 3 rings (SSSR count). The van der Waals surface area contributed by atoms with Crippen LogP contribution in [-0.2, 0) is 6.54 Å². The van der Waals surface area contributed by atoms with Gasteiger partial charge in [-0.25, -0.2) is 4.98 Å². The van der Waals surface area contributed by atoms with Gasteiger partial charge in [-0.2, -0.15) is 4.98 Å². The quantitative estimate of drug-likeness (QED) is 0.623. The lowest BCUT2D eigenvalue weighted by atomic mass is 10.1. The molecule has 0 aliphatic carbocycles. The lowest BCUT2D eigenvalue weighted by Crippen LogP contribution is -2.10. The molecule has 0 saturated carbocycles. The number of hydrogen-bond donors (Lipinski definition) is 2. The summed E-state index contributed by atoms with van der Waals surface area (Å²) in [5.41, 5.74) is 3.13. The second-order valence-corrected chi connectivity index (χ2v) is 6.65. The summed E-state index contributed by atoms with van der Waals surface area (Å²) in [6.45, 7) is 6.00. The molecule has 0 saturated heterocycles. The van der Waals surface area contributed by atoms with Crippen LogP contribution in [0, 0.1) is 5.92 Å². The Labute approximate surface area is 154 Å². The van der Waals surface area contributed by atoms with Gasteiger partial charge in [0.05, 0.1) is 5.69 Å². The van der Waals surface area contributed by atoms with Crippen molar-refractivity contribution in [2.75, 3.05) is 17.2 Å². The van der Waals surface area contributed by atoms with Crippen LogP contribution in [0.3, 0.4) is 0 Å². The molecule has 134 valence electrons. The Morgan fingerprint density at radius 1 is 0.923 bits per heavy atom. The zero-order valence-electron chi connectivity index (χ0n) is 15.3. The van der Waals surface area contributed by atoms with Crippen LogP contribution in [0.2, 0.25) is 0 Å². The van der Waals surface area contributed by atoms with E-state index in [0.717, 1.165) is 35.6 Å². The van der Waals surface area contributed by atoms with E-state index in [1.807, 2.05) is 36.4 Å². The summed E-state index contributed by atoms with van der Waals surface area (Å²) < 4.78 is 0. The summed E-state index contributed by atoms with van der Waals surface area (Å²) in [6.07, 6.45) is 4.68. The molecule has 0 spiro atoms. The predicted octanol–water partition coefficient (Wildman–Crippen LogP) is 4.61. The standard InChI is InChI=1S/C21H25N5/c1-16(2)8-13-23-20-14-19(18-6-4-3-5-7-18)25-21(26-20)24-15-17-9-11-22-12-10-17/h3-7,9-12,14,16H,8,13,15H2,1-2H3,(H2,23,24,25,26). The Morgan fingerprint density at radius 2 is 1.69 bits per heavy atom. The Kier molecular flexibility index (Phi) is 6.14. The highest BCUT2D eigenvalue weighted by atomic mass is 15.1. The number of anilines is 2. The third-order valence-electron chi connectivity index (χ3n) is 4.02. The van der Waals surface area contributed by atoms with Gasteiger partial charge in [0.2, 0.25) is 5.95 Å². The van der Waals surface area contributed by atoms with Crippen molar-refractivity contribution in [3.05, 3.63) is 66.5 Å². The largest absolute Gasteiger partial charge is 0.370 e. The third-order valence-corrected chi connectivity index (χ3v) is 4.02. The van der Waals surface area contributed by atoms with Crippen molar-refractivity contribution in [3.63, 3.8) is 0 Å². The lowest BCUT2D eigenvalue weighted by molar-refractivity contribution is 0.606. The molecule has 0 atom stereocenters. The summed E-state index contributed by atoms with van der Waals surface area (Å²) in [5, 5.41) is 6.74. The van der Waals surface area contributed by atoms with Gasteiger partial charge in [0.15, 0.2) is 0 Å². The van der Waals surface area contributed by atoms with Gasteiger partial charge in [-0.3, -0.25) is 4.98 Å². The molecule has 0 fully saturated rings.